The van der Waals surface area contributed by atoms with Crippen LogP contribution in [0.3, 0.4) is 0 Å². The van der Waals surface area contributed by atoms with Crippen molar-refractivity contribution in [2.75, 3.05) is 31.1 Å². The van der Waals surface area contributed by atoms with Gasteiger partial charge in [-0.25, -0.2) is 9.97 Å². The van der Waals surface area contributed by atoms with Crippen LogP contribution in [0.1, 0.15) is 40.4 Å². The zero-order valence-electron chi connectivity index (χ0n) is 13.1. The minimum absolute atomic E-state index is 0.0295. The summed E-state index contributed by atoms with van der Waals surface area (Å²) in [5.41, 5.74) is -0.0295. The SMILES string of the molecule is CC(C)N1CCN(c2cc(Br)nc(C(C)(C)C)n2)CC1. The Bertz CT molecular complexity index is 459. The average Bonchev–Trinajstić information content (AvgIpc) is 2.37. The van der Waals surface area contributed by atoms with Crippen molar-refractivity contribution >= 4 is 21.7 Å². The zero-order valence-corrected chi connectivity index (χ0v) is 14.7. The fourth-order valence-electron chi connectivity index (χ4n) is 2.37. The molecule has 1 aliphatic heterocycles. The van der Waals surface area contributed by atoms with Crippen LogP contribution in [-0.4, -0.2) is 47.1 Å². The summed E-state index contributed by atoms with van der Waals surface area (Å²) in [6.45, 7) is 15.2. The molecule has 0 N–H and O–H groups in total. The molecule has 1 fully saturated rings. The molecule has 4 nitrogen and oxygen atoms in total. The van der Waals surface area contributed by atoms with Gasteiger partial charge in [0.05, 0.1) is 0 Å². The van der Waals surface area contributed by atoms with E-state index in [1.54, 1.807) is 0 Å². The number of nitrogens with zero attached hydrogens (tertiary/aromatic N) is 4. The first-order chi connectivity index (χ1) is 9.27. The van der Waals surface area contributed by atoms with Crippen LogP contribution in [0.2, 0.25) is 0 Å². The normalized spacial score (nSPS) is 17.9. The smallest absolute Gasteiger partial charge is 0.137 e. The van der Waals surface area contributed by atoms with Gasteiger partial charge in [-0.2, -0.15) is 0 Å². The van der Waals surface area contributed by atoms with Crippen LogP contribution in [0.4, 0.5) is 5.82 Å². The molecule has 1 aromatic heterocycles. The van der Waals surface area contributed by atoms with E-state index in [0.29, 0.717) is 6.04 Å². The highest BCUT2D eigenvalue weighted by molar-refractivity contribution is 9.10. The molecule has 0 amide bonds. The summed E-state index contributed by atoms with van der Waals surface area (Å²) in [4.78, 5) is 14.1. The van der Waals surface area contributed by atoms with Crippen molar-refractivity contribution in [3.05, 3.63) is 16.5 Å². The van der Waals surface area contributed by atoms with Gasteiger partial charge in [0.15, 0.2) is 0 Å². The van der Waals surface area contributed by atoms with E-state index in [1.165, 1.54) is 0 Å². The molecule has 0 unspecified atom stereocenters. The number of aromatic nitrogens is 2. The average molecular weight is 341 g/mol. The molecule has 0 bridgehead atoms. The molecular formula is C15H25BrN4. The van der Waals surface area contributed by atoms with Gasteiger partial charge in [0, 0.05) is 43.7 Å². The number of anilines is 1. The van der Waals surface area contributed by atoms with Gasteiger partial charge in [-0.1, -0.05) is 20.8 Å². The fraction of sp³-hybridized carbons (Fsp3) is 0.733. The Morgan fingerprint density at radius 1 is 1.10 bits per heavy atom. The third kappa shape index (κ3) is 3.70. The lowest BCUT2D eigenvalue weighted by Gasteiger charge is -2.37. The lowest BCUT2D eigenvalue weighted by atomic mass is 9.96. The Kier molecular flexibility index (Phi) is 4.69. The van der Waals surface area contributed by atoms with Crippen molar-refractivity contribution < 1.29 is 0 Å². The zero-order chi connectivity index (χ0) is 14.9. The molecule has 0 atom stereocenters. The van der Waals surface area contributed by atoms with Gasteiger partial charge in [-0.3, -0.25) is 4.90 Å². The first-order valence-corrected chi connectivity index (χ1v) is 8.11. The first kappa shape index (κ1) is 15.7. The summed E-state index contributed by atoms with van der Waals surface area (Å²) in [7, 11) is 0. The van der Waals surface area contributed by atoms with Gasteiger partial charge < -0.3 is 4.90 Å². The lowest BCUT2D eigenvalue weighted by molar-refractivity contribution is 0.209. The second kappa shape index (κ2) is 5.98. The highest BCUT2D eigenvalue weighted by Gasteiger charge is 2.23. The molecule has 0 spiro atoms. The molecule has 112 valence electrons. The minimum Gasteiger partial charge on any atom is -0.354 e. The predicted molar refractivity (Wildman–Crippen MR) is 87.4 cm³/mol. The van der Waals surface area contributed by atoms with Gasteiger partial charge in [0.25, 0.3) is 0 Å². The molecule has 0 aromatic carbocycles. The van der Waals surface area contributed by atoms with Crippen molar-refractivity contribution in [3.63, 3.8) is 0 Å². The van der Waals surface area contributed by atoms with E-state index in [0.717, 1.165) is 42.4 Å². The van der Waals surface area contributed by atoms with Crippen molar-refractivity contribution in [1.82, 2.24) is 14.9 Å². The summed E-state index contributed by atoms with van der Waals surface area (Å²) in [5, 5.41) is 0. The maximum atomic E-state index is 4.76. The Morgan fingerprint density at radius 3 is 2.20 bits per heavy atom. The molecule has 20 heavy (non-hydrogen) atoms. The van der Waals surface area contributed by atoms with Crippen molar-refractivity contribution in [2.45, 2.75) is 46.1 Å². The summed E-state index contributed by atoms with van der Waals surface area (Å²) in [5.74, 6) is 1.94. The fourth-order valence-corrected chi connectivity index (χ4v) is 2.74. The molecule has 2 heterocycles. The van der Waals surface area contributed by atoms with E-state index in [9.17, 15) is 0 Å². The quantitative estimate of drug-likeness (QED) is 0.774. The van der Waals surface area contributed by atoms with Crippen LogP contribution < -0.4 is 4.90 Å². The van der Waals surface area contributed by atoms with E-state index >= 15 is 0 Å². The molecule has 1 aliphatic rings. The summed E-state index contributed by atoms with van der Waals surface area (Å²) < 4.78 is 0.874. The van der Waals surface area contributed by atoms with Gasteiger partial charge >= 0.3 is 0 Å². The number of rotatable bonds is 2. The molecule has 1 aromatic rings. The first-order valence-electron chi connectivity index (χ1n) is 7.31. The Hall–Kier alpha value is -0.680. The predicted octanol–water partition coefficient (Wildman–Crippen LogP) is 3.07. The molecule has 0 radical (unpaired) electrons. The van der Waals surface area contributed by atoms with Crippen molar-refractivity contribution in [2.24, 2.45) is 0 Å². The van der Waals surface area contributed by atoms with Gasteiger partial charge in [-0.15, -0.1) is 0 Å². The summed E-state index contributed by atoms with van der Waals surface area (Å²) >= 11 is 3.52. The van der Waals surface area contributed by atoms with E-state index in [2.05, 4.69) is 65.3 Å². The van der Waals surface area contributed by atoms with E-state index in [4.69, 9.17) is 4.98 Å². The Labute approximate surface area is 130 Å². The second-order valence-electron chi connectivity index (χ2n) is 6.74. The van der Waals surface area contributed by atoms with Crippen molar-refractivity contribution in [3.8, 4) is 0 Å². The third-order valence-corrected chi connectivity index (χ3v) is 4.13. The standard InChI is InChI=1S/C15H25BrN4/c1-11(2)19-6-8-20(9-7-19)13-10-12(16)17-14(18-13)15(3,4)5/h10-11H,6-9H2,1-5H3. The minimum atomic E-state index is -0.0295. The van der Waals surface area contributed by atoms with Crippen LogP contribution in [-0.2, 0) is 5.41 Å². The number of hydrogen-bond donors (Lipinski definition) is 0. The van der Waals surface area contributed by atoms with E-state index in [-0.39, 0.29) is 5.41 Å². The summed E-state index contributed by atoms with van der Waals surface area (Å²) in [6, 6.07) is 2.65. The summed E-state index contributed by atoms with van der Waals surface area (Å²) in [6.07, 6.45) is 0. The van der Waals surface area contributed by atoms with Crippen LogP contribution in [0.25, 0.3) is 0 Å². The van der Waals surface area contributed by atoms with Crippen LogP contribution in [0.5, 0.6) is 0 Å². The molecule has 2 rings (SSSR count). The number of piperazine rings is 1. The topological polar surface area (TPSA) is 32.3 Å². The molecular weight excluding hydrogens is 316 g/mol. The molecule has 5 heteroatoms. The number of halogens is 1. The van der Waals surface area contributed by atoms with E-state index < -0.39 is 0 Å². The molecule has 0 saturated carbocycles. The molecule has 0 aliphatic carbocycles. The maximum absolute atomic E-state index is 4.76. The van der Waals surface area contributed by atoms with Crippen LogP contribution >= 0.6 is 15.9 Å². The Balaban J connectivity index is 2.16. The lowest BCUT2D eigenvalue weighted by Crippen LogP contribution is -2.49. The highest BCUT2D eigenvalue weighted by Crippen LogP contribution is 2.25. The van der Waals surface area contributed by atoms with Crippen molar-refractivity contribution in [1.29, 1.82) is 0 Å². The third-order valence-electron chi connectivity index (χ3n) is 3.72. The van der Waals surface area contributed by atoms with Crippen LogP contribution in [0, 0.1) is 0 Å². The number of hydrogen-bond acceptors (Lipinski definition) is 4. The monoisotopic (exact) mass is 340 g/mol. The highest BCUT2D eigenvalue weighted by atomic mass is 79.9. The maximum Gasteiger partial charge on any atom is 0.137 e. The molecule has 1 saturated heterocycles. The second-order valence-corrected chi connectivity index (χ2v) is 7.55. The largest absolute Gasteiger partial charge is 0.354 e. The van der Waals surface area contributed by atoms with Gasteiger partial charge in [0.2, 0.25) is 0 Å². The van der Waals surface area contributed by atoms with Crippen LogP contribution in [0.15, 0.2) is 10.7 Å². The Morgan fingerprint density at radius 2 is 1.70 bits per heavy atom. The van der Waals surface area contributed by atoms with Gasteiger partial charge in [0.1, 0.15) is 16.2 Å². The van der Waals surface area contributed by atoms with Gasteiger partial charge in [-0.05, 0) is 29.8 Å². The van der Waals surface area contributed by atoms with E-state index in [1.807, 2.05) is 6.07 Å².